The minimum atomic E-state index is -0.225. The van der Waals surface area contributed by atoms with Crippen molar-refractivity contribution in [1.82, 2.24) is 15.5 Å². The van der Waals surface area contributed by atoms with Crippen LogP contribution < -0.4 is 10.6 Å². The van der Waals surface area contributed by atoms with Gasteiger partial charge in [-0.15, -0.1) is 16.8 Å². The number of carbonyl (C=O) groups excluding carboxylic acids is 1. The van der Waals surface area contributed by atoms with Gasteiger partial charge in [-0.25, -0.2) is 4.79 Å². The fourth-order valence-electron chi connectivity index (χ4n) is 2.09. The first-order valence-electron chi connectivity index (χ1n) is 7.77. The number of carbonyl (C=O) groups is 1. The Hall–Kier alpha value is -2.63. The van der Waals surface area contributed by atoms with E-state index in [-0.39, 0.29) is 12.1 Å². The molecule has 0 saturated heterocycles. The van der Waals surface area contributed by atoms with Crippen molar-refractivity contribution in [2.75, 3.05) is 5.32 Å². The summed E-state index contributed by atoms with van der Waals surface area (Å²) in [6, 6.07) is 7.15. The molecule has 1 aromatic heterocycles. The predicted octanol–water partition coefficient (Wildman–Crippen LogP) is 3.78. The molecule has 122 valence electrons. The van der Waals surface area contributed by atoms with E-state index < -0.39 is 0 Å². The predicted molar refractivity (Wildman–Crippen MR) is 90.2 cm³/mol. The Labute approximate surface area is 136 Å². The quantitative estimate of drug-likeness (QED) is 0.762. The number of aromatic nitrogens is 2. The number of hydrogen-bond acceptors (Lipinski definition) is 4. The number of nitrogens with one attached hydrogen (secondary N) is 2. The molecule has 0 unspecified atom stereocenters. The number of amides is 2. The van der Waals surface area contributed by atoms with Gasteiger partial charge in [-0.05, 0) is 37.1 Å². The van der Waals surface area contributed by atoms with E-state index in [1.165, 1.54) is 0 Å². The van der Waals surface area contributed by atoms with Gasteiger partial charge in [-0.2, -0.15) is 0 Å². The third-order valence-electron chi connectivity index (χ3n) is 3.44. The molecule has 6 nitrogen and oxygen atoms in total. The smallest absolute Gasteiger partial charge is 0.319 e. The molecule has 0 bridgehead atoms. The van der Waals surface area contributed by atoms with E-state index in [1.807, 2.05) is 26.0 Å². The van der Waals surface area contributed by atoms with Crippen molar-refractivity contribution >= 4 is 11.7 Å². The Morgan fingerprint density at radius 3 is 2.61 bits per heavy atom. The number of benzene rings is 1. The largest absolute Gasteiger partial charge is 0.421 e. The molecule has 2 N–H and O–H groups in total. The van der Waals surface area contributed by atoms with Gasteiger partial charge in [0.2, 0.25) is 11.8 Å². The van der Waals surface area contributed by atoms with Crippen molar-refractivity contribution in [2.45, 2.75) is 39.2 Å². The summed E-state index contributed by atoms with van der Waals surface area (Å²) < 4.78 is 5.50. The maximum absolute atomic E-state index is 12.0. The van der Waals surface area contributed by atoms with E-state index >= 15 is 0 Å². The standard InChI is InChI=1S/C17H22N4O2/c1-4-7-13(5-2)18-17(22)19-14-10-8-12(9-11-14)16-21-20-15(6-3)23-16/h4,8-11,13H,1,5-7H2,2-3H3,(H2,18,19,22)/t13-/m1/s1. The zero-order chi connectivity index (χ0) is 16.7. The van der Waals surface area contributed by atoms with E-state index in [0.717, 1.165) is 18.4 Å². The second-order valence-corrected chi connectivity index (χ2v) is 5.16. The van der Waals surface area contributed by atoms with Gasteiger partial charge in [-0.1, -0.05) is 19.9 Å². The van der Waals surface area contributed by atoms with Gasteiger partial charge >= 0.3 is 6.03 Å². The molecule has 0 radical (unpaired) electrons. The van der Waals surface area contributed by atoms with Crippen molar-refractivity contribution in [3.63, 3.8) is 0 Å². The molecule has 1 atom stereocenters. The molecule has 23 heavy (non-hydrogen) atoms. The van der Waals surface area contributed by atoms with Crippen LogP contribution >= 0.6 is 0 Å². The van der Waals surface area contributed by atoms with Crippen LogP contribution in [0, 0.1) is 0 Å². The topological polar surface area (TPSA) is 80.0 Å². The van der Waals surface area contributed by atoms with Gasteiger partial charge in [0, 0.05) is 23.7 Å². The Morgan fingerprint density at radius 2 is 2.04 bits per heavy atom. The van der Waals surface area contributed by atoms with Gasteiger partial charge < -0.3 is 15.1 Å². The lowest BCUT2D eigenvalue weighted by molar-refractivity contribution is 0.248. The van der Waals surface area contributed by atoms with E-state index in [9.17, 15) is 4.79 Å². The molecule has 1 heterocycles. The van der Waals surface area contributed by atoms with Gasteiger partial charge in [0.15, 0.2) is 0 Å². The van der Waals surface area contributed by atoms with Crippen molar-refractivity contribution in [2.24, 2.45) is 0 Å². The van der Waals surface area contributed by atoms with Gasteiger partial charge in [0.25, 0.3) is 0 Å². The molecule has 1 aromatic carbocycles. The van der Waals surface area contributed by atoms with Crippen LogP contribution in [0.15, 0.2) is 41.3 Å². The Kier molecular flexibility index (Phi) is 5.91. The lowest BCUT2D eigenvalue weighted by Gasteiger charge is -2.15. The van der Waals surface area contributed by atoms with Gasteiger partial charge in [0.1, 0.15) is 0 Å². The third kappa shape index (κ3) is 4.67. The zero-order valence-corrected chi connectivity index (χ0v) is 13.5. The number of anilines is 1. The normalized spacial score (nSPS) is 11.7. The highest BCUT2D eigenvalue weighted by Gasteiger charge is 2.10. The minimum Gasteiger partial charge on any atom is -0.421 e. The van der Waals surface area contributed by atoms with Gasteiger partial charge in [-0.3, -0.25) is 0 Å². The fourth-order valence-corrected chi connectivity index (χ4v) is 2.09. The van der Waals surface area contributed by atoms with Crippen molar-refractivity contribution < 1.29 is 9.21 Å². The molecule has 2 aromatic rings. The van der Waals surface area contributed by atoms with Crippen LogP contribution in [0.3, 0.4) is 0 Å². The molecular formula is C17H22N4O2. The fraction of sp³-hybridized carbons (Fsp3) is 0.353. The van der Waals surface area contributed by atoms with Crippen LogP contribution in [0.5, 0.6) is 0 Å². The third-order valence-corrected chi connectivity index (χ3v) is 3.44. The van der Waals surface area contributed by atoms with Crippen LogP contribution in [0.25, 0.3) is 11.5 Å². The molecular weight excluding hydrogens is 292 g/mol. The molecule has 0 spiro atoms. The molecule has 6 heteroatoms. The van der Waals surface area contributed by atoms with Gasteiger partial charge in [0.05, 0.1) is 0 Å². The number of nitrogens with zero attached hydrogens (tertiary/aromatic N) is 2. The summed E-state index contributed by atoms with van der Waals surface area (Å²) >= 11 is 0. The second-order valence-electron chi connectivity index (χ2n) is 5.16. The Morgan fingerprint density at radius 1 is 1.30 bits per heavy atom. The number of rotatable bonds is 7. The number of hydrogen-bond donors (Lipinski definition) is 2. The van der Waals surface area contributed by atoms with Crippen molar-refractivity contribution in [3.8, 4) is 11.5 Å². The van der Waals surface area contributed by atoms with E-state index in [4.69, 9.17) is 4.42 Å². The van der Waals surface area contributed by atoms with Crippen molar-refractivity contribution in [1.29, 1.82) is 0 Å². The molecule has 0 saturated carbocycles. The summed E-state index contributed by atoms with van der Waals surface area (Å²) in [4.78, 5) is 12.0. The average Bonchev–Trinajstić information content (AvgIpc) is 3.04. The minimum absolute atomic E-state index is 0.0950. The maximum atomic E-state index is 12.0. The SMILES string of the molecule is C=CC[C@@H](CC)NC(=O)Nc1ccc(-c2nnc(CC)o2)cc1. The maximum Gasteiger partial charge on any atom is 0.319 e. The molecule has 0 aliphatic carbocycles. The van der Waals surface area contributed by atoms with E-state index in [0.29, 0.717) is 23.9 Å². The summed E-state index contributed by atoms with van der Waals surface area (Å²) in [5, 5.41) is 13.7. The molecule has 2 rings (SSSR count). The molecule has 2 amide bonds. The summed E-state index contributed by atoms with van der Waals surface area (Å²) in [5.74, 6) is 1.09. The lowest BCUT2D eigenvalue weighted by atomic mass is 10.1. The van der Waals surface area contributed by atoms with E-state index in [2.05, 4.69) is 27.4 Å². The van der Waals surface area contributed by atoms with Crippen LogP contribution in [0.4, 0.5) is 10.5 Å². The van der Waals surface area contributed by atoms with E-state index in [1.54, 1.807) is 18.2 Å². The summed E-state index contributed by atoms with van der Waals surface area (Å²) in [6.07, 6.45) is 4.11. The first-order chi connectivity index (χ1) is 11.2. The number of urea groups is 1. The molecule has 0 fully saturated rings. The van der Waals surface area contributed by atoms with Crippen LogP contribution in [-0.4, -0.2) is 22.3 Å². The summed E-state index contributed by atoms with van der Waals surface area (Å²) in [6.45, 7) is 7.68. The molecule has 0 aliphatic rings. The first-order valence-corrected chi connectivity index (χ1v) is 7.77. The average molecular weight is 314 g/mol. The molecule has 0 aliphatic heterocycles. The highest BCUT2D eigenvalue weighted by atomic mass is 16.4. The zero-order valence-electron chi connectivity index (χ0n) is 13.5. The first kappa shape index (κ1) is 16.7. The van der Waals surface area contributed by atoms with Crippen LogP contribution in [-0.2, 0) is 6.42 Å². The lowest BCUT2D eigenvalue weighted by Crippen LogP contribution is -2.37. The van der Waals surface area contributed by atoms with Crippen LogP contribution in [0.1, 0.15) is 32.6 Å². The van der Waals surface area contributed by atoms with Crippen LogP contribution in [0.2, 0.25) is 0 Å². The van der Waals surface area contributed by atoms with Crippen molar-refractivity contribution in [3.05, 3.63) is 42.8 Å². The Balaban J connectivity index is 1.96. The highest BCUT2D eigenvalue weighted by Crippen LogP contribution is 2.20. The second kappa shape index (κ2) is 8.12. The summed E-state index contributed by atoms with van der Waals surface area (Å²) in [7, 11) is 0. The highest BCUT2D eigenvalue weighted by molar-refractivity contribution is 5.89. The Bertz CT molecular complexity index is 649. The monoisotopic (exact) mass is 314 g/mol. The summed E-state index contributed by atoms with van der Waals surface area (Å²) in [5.41, 5.74) is 1.52. The number of aryl methyl sites for hydroxylation is 1.